The summed E-state index contributed by atoms with van der Waals surface area (Å²) in [5.74, 6) is 0.0790. The van der Waals surface area contributed by atoms with Crippen LogP contribution in [0.3, 0.4) is 0 Å². The Kier molecular flexibility index (Phi) is 3.99. The molecule has 2 rings (SSSR count). The lowest BCUT2D eigenvalue weighted by molar-refractivity contribution is -0.132. The van der Waals surface area contributed by atoms with Gasteiger partial charge in [0.1, 0.15) is 0 Å². The topological polar surface area (TPSA) is 46.3 Å². The van der Waals surface area contributed by atoms with Gasteiger partial charge in [0, 0.05) is 11.9 Å². The van der Waals surface area contributed by atoms with Gasteiger partial charge in [-0.25, -0.2) is 0 Å². The van der Waals surface area contributed by atoms with Crippen molar-refractivity contribution < 1.29 is 4.79 Å². The number of carbonyl (C=O) groups excluding carboxylic acids is 1. The van der Waals surface area contributed by atoms with E-state index in [0.29, 0.717) is 6.54 Å². The number of likely N-dealkylation sites (N-methyl/N-ethyl adjacent to an activating group) is 1. The molecule has 0 bridgehead atoms. The largest absolute Gasteiger partial charge is 0.339 e. The van der Waals surface area contributed by atoms with Crippen LogP contribution in [0.5, 0.6) is 0 Å². The number of rotatable bonds is 3. The lowest BCUT2D eigenvalue weighted by Gasteiger charge is -2.20. The maximum absolute atomic E-state index is 11.9. The van der Waals surface area contributed by atoms with Crippen LogP contribution in [0.25, 0.3) is 0 Å². The number of hydrogen-bond donors (Lipinski definition) is 1. The predicted molar refractivity (Wildman–Crippen MR) is 68.9 cm³/mol. The van der Waals surface area contributed by atoms with Gasteiger partial charge in [0.25, 0.3) is 0 Å². The van der Waals surface area contributed by atoms with Crippen LogP contribution < -0.4 is 5.73 Å². The lowest BCUT2D eigenvalue weighted by atomic mass is 10.2. The molecule has 1 saturated carbocycles. The third-order valence-electron chi connectivity index (χ3n) is 2.91. The molecule has 3 nitrogen and oxygen atoms in total. The quantitative estimate of drug-likeness (QED) is 0.903. The van der Waals surface area contributed by atoms with Gasteiger partial charge in [0.15, 0.2) is 0 Å². The summed E-state index contributed by atoms with van der Waals surface area (Å²) in [7, 11) is 1.83. The highest BCUT2D eigenvalue weighted by molar-refractivity contribution is 7.10. The highest BCUT2D eigenvalue weighted by Crippen LogP contribution is 2.34. The number of halogens is 1. The summed E-state index contributed by atoms with van der Waals surface area (Å²) in [5, 5.41) is 2.05. The molecule has 1 aliphatic rings. The molecule has 16 heavy (non-hydrogen) atoms. The van der Waals surface area contributed by atoms with Crippen molar-refractivity contribution in [1.82, 2.24) is 4.90 Å². The fourth-order valence-electron chi connectivity index (χ4n) is 1.58. The zero-order valence-corrected chi connectivity index (χ0v) is 11.2. The van der Waals surface area contributed by atoms with Gasteiger partial charge in [0.2, 0.25) is 5.91 Å². The van der Waals surface area contributed by atoms with E-state index < -0.39 is 5.54 Å². The molecule has 90 valence electrons. The summed E-state index contributed by atoms with van der Waals surface area (Å²) in [4.78, 5) is 14.9. The normalized spacial score (nSPS) is 16.4. The Morgan fingerprint density at radius 2 is 2.25 bits per heavy atom. The fraction of sp³-hybridized carbons (Fsp3) is 0.545. The minimum absolute atomic E-state index is 0. The van der Waals surface area contributed by atoms with Crippen LogP contribution >= 0.6 is 23.7 Å². The van der Waals surface area contributed by atoms with E-state index in [9.17, 15) is 4.79 Å². The van der Waals surface area contributed by atoms with E-state index in [1.165, 1.54) is 10.4 Å². The Morgan fingerprint density at radius 1 is 1.62 bits per heavy atom. The third kappa shape index (κ3) is 2.56. The predicted octanol–water partition coefficient (Wildman–Crippen LogP) is 1.93. The third-order valence-corrected chi connectivity index (χ3v) is 3.92. The van der Waals surface area contributed by atoms with Gasteiger partial charge in [-0.3, -0.25) is 4.79 Å². The van der Waals surface area contributed by atoms with Crippen LogP contribution in [0.15, 0.2) is 11.4 Å². The van der Waals surface area contributed by atoms with Crippen molar-refractivity contribution in [2.75, 3.05) is 7.05 Å². The van der Waals surface area contributed by atoms with Gasteiger partial charge in [-0.1, -0.05) is 0 Å². The lowest BCUT2D eigenvalue weighted by Crippen LogP contribution is -2.43. The summed E-state index contributed by atoms with van der Waals surface area (Å²) in [6.07, 6.45) is 1.67. The average Bonchev–Trinajstić information content (AvgIpc) is 2.83. The van der Waals surface area contributed by atoms with Crippen molar-refractivity contribution in [3.8, 4) is 0 Å². The Labute approximate surface area is 106 Å². The van der Waals surface area contributed by atoms with Gasteiger partial charge in [-0.15, -0.1) is 23.7 Å². The Morgan fingerprint density at radius 3 is 2.69 bits per heavy atom. The number of hydrogen-bond acceptors (Lipinski definition) is 3. The Hall–Kier alpha value is -0.580. The van der Waals surface area contributed by atoms with Gasteiger partial charge in [0.05, 0.1) is 12.1 Å². The molecule has 5 heteroatoms. The van der Waals surface area contributed by atoms with Crippen molar-refractivity contribution in [2.45, 2.75) is 31.8 Å². The van der Waals surface area contributed by atoms with Crippen molar-refractivity contribution in [3.05, 3.63) is 21.9 Å². The first kappa shape index (κ1) is 13.5. The molecule has 1 amide bonds. The summed E-state index contributed by atoms with van der Waals surface area (Å²) in [5.41, 5.74) is 6.58. The van der Waals surface area contributed by atoms with Crippen LogP contribution in [0, 0.1) is 6.92 Å². The molecular weight excluding hydrogens is 244 g/mol. The first-order valence-corrected chi connectivity index (χ1v) is 5.98. The van der Waals surface area contributed by atoms with Crippen LogP contribution in [-0.4, -0.2) is 23.4 Å². The molecule has 0 unspecified atom stereocenters. The van der Waals surface area contributed by atoms with Crippen LogP contribution in [0.2, 0.25) is 0 Å². The molecule has 2 N–H and O–H groups in total. The van der Waals surface area contributed by atoms with Crippen molar-refractivity contribution in [3.63, 3.8) is 0 Å². The SMILES string of the molecule is Cc1ccsc1CN(C)C(=O)C1(N)CC1.Cl. The Bertz CT molecular complexity index is 387. The molecule has 1 fully saturated rings. The van der Waals surface area contributed by atoms with Crippen molar-refractivity contribution in [1.29, 1.82) is 0 Å². The second-order valence-corrected chi connectivity index (χ2v) is 5.34. The van der Waals surface area contributed by atoms with Crippen molar-refractivity contribution >= 4 is 29.7 Å². The van der Waals surface area contributed by atoms with Crippen LogP contribution in [0.1, 0.15) is 23.3 Å². The summed E-state index contributed by atoms with van der Waals surface area (Å²) >= 11 is 1.69. The molecule has 0 aliphatic heterocycles. The highest BCUT2D eigenvalue weighted by Gasteiger charge is 2.47. The minimum Gasteiger partial charge on any atom is -0.339 e. The van der Waals surface area contributed by atoms with E-state index in [0.717, 1.165) is 12.8 Å². The molecule has 0 radical (unpaired) electrons. The van der Waals surface area contributed by atoms with E-state index in [4.69, 9.17) is 5.73 Å². The zero-order chi connectivity index (χ0) is 11.1. The number of carbonyl (C=O) groups is 1. The average molecular weight is 261 g/mol. The first-order valence-electron chi connectivity index (χ1n) is 5.10. The molecule has 0 saturated heterocycles. The molecule has 1 aromatic rings. The highest BCUT2D eigenvalue weighted by atomic mass is 35.5. The minimum atomic E-state index is -0.542. The second kappa shape index (κ2) is 4.73. The smallest absolute Gasteiger partial charge is 0.242 e. The van der Waals surface area contributed by atoms with Gasteiger partial charge < -0.3 is 10.6 Å². The summed E-state index contributed by atoms with van der Waals surface area (Å²) < 4.78 is 0. The molecule has 0 spiro atoms. The molecule has 0 atom stereocenters. The fourth-order valence-corrected chi connectivity index (χ4v) is 2.54. The van der Waals surface area contributed by atoms with E-state index >= 15 is 0 Å². The number of aryl methyl sites for hydroxylation is 1. The van der Waals surface area contributed by atoms with Gasteiger partial charge >= 0.3 is 0 Å². The maximum Gasteiger partial charge on any atom is 0.242 e. The van der Waals surface area contributed by atoms with E-state index in [1.54, 1.807) is 16.2 Å². The van der Waals surface area contributed by atoms with Crippen molar-refractivity contribution in [2.24, 2.45) is 5.73 Å². The van der Waals surface area contributed by atoms with E-state index in [2.05, 4.69) is 18.4 Å². The van der Waals surface area contributed by atoms with Gasteiger partial charge in [-0.2, -0.15) is 0 Å². The first-order chi connectivity index (χ1) is 7.03. The Balaban J connectivity index is 0.00000128. The molecule has 1 aromatic heterocycles. The maximum atomic E-state index is 11.9. The zero-order valence-electron chi connectivity index (χ0n) is 9.53. The van der Waals surface area contributed by atoms with Gasteiger partial charge in [-0.05, 0) is 36.8 Å². The molecular formula is C11H17ClN2OS. The van der Waals surface area contributed by atoms with E-state index in [1.807, 2.05) is 7.05 Å². The second-order valence-electron chi connectivity index (χ2n) is 4.34. The molecule has 1 heterocycles. The van der Waals surface area contributed by atoms with E-state index in [-0.39, 0.29) is 18.3 Å². The number of amides is 1. The standard InChI is InChI=1S/C11H16N2OS.ClH/c1-8-3-6-15-9(8)7-13(2)10(14)11(12)4-5-11;/h3,6H,4-5,7,12H2,1-2H3;1H. The number of thiophene rings is 1. The summed E-state index contributed by atoms with van der Waals surface area (Å²) in [6.45, 7) is 2.75. The number of nitrogens with zero attached hydrogens (tertiary/aromatic N) is 1. The number of nitrogens with two attached hydrogens (primary N) is 1. The van der Waals surface area contributed by atoms with Crippen LogP contribution in [-0.2, 0) is 11.3 Å². The molecule has 1 aliphatic carbocycles. The molecule has 0 aromatic carbocycles. The summed E-state index contributed by atoms with van der Waals surface area (Å²) in [6, 6.07) is 2.08. The van der Waals surface area contributed by atoms with Crippen LogP contribution in [0.4, 0.5) is 0 Å². The monoisotopic (exact) mass is 260 g/mol.